The zero-order valence-corrected chi connectivity index (χ0v) is 21.9. The minimum atomic E-state index is -0.856. The summed E-state index contributed by atoms with van der Waals surface area (Å²) in [6, 6.07) is 13.1. The summed E-state index contributed by atoms with van der Waals surface area (Å²) in [6.07, 6.45) is 1.72. The van der Waals surface area contributed by atoms with E-state index in [0.29, 0.717) is 43.1 Å². The molecule has 1 heterocycles. The summed E-state index contributed by atoms with van der Waals surface area (Å²) < 4.78 is 27.2. The Bertz CT molecular complexity index is 1390. The van der Waals surface area contributed by atoms with Gasteiger partial charge in [0.15, 0.2) is 0 Å². The number of halogens is 1. The molecule has 1 aliphatic carbocycles. The largest absolute Gasteiger partial charge is 0.492 e. The number of aryl methyl sites for hydroxylation is 2. The van der Waals surface area contributed by atoms with Crippen molar-refractivity contribution in [3.8, 4) is 22.6 Å². The fraction of sp³-hybridized carbons (Fsp3) is 0.355. The molecule has 0 spiro atoms. The minimum Gasteiger partial charge on any atom is -0.492 e. The van der Waals surface area contributed by atoms with Crippen molar-refractivity contribution in [3.05, 3.63) is 81.7 Å². The van der Waals surface area contributed by atoms with Gasteiger partial charge in [-0.1, -0.05) is 24.3 Å². The van der Waals surface area contributed by atoms with Crippen LogP contribution in [0.2, 0.25) is 0 Å². The van der Waals surface area contributed by atoms with Gasteiger partial charge < -0.3 is 19.9 Å². The highest BCUT2D eigenvalue weighted by molar-refractivity contribution is 5.76. The number of benzene rings is 3. The number of fused-ring (bicyclic) bond motifs is 2. The Hall–Kier alpha value is -3.87. The number of nitrogens with one attached hydrogen (secondary N) is 1. The molecule has 3 aromatic rings. The molecule has 7 heteroatoms. The third kappa shape index (κ3) is 5.10. The number of carboxylic acid groups (broad SMARTS) is 1. The molecule has 5 rings (SSSR count). The van der Waals surface area contributed by atoms with E-state index in [-0.39, 0.29) is 24.1 Å². The predicted octanol–water partition coefficient (Wildman–Crippen LogP) is 5.81. The van der Waals surface area contributed by atoms with E-state index in [1.807, 2.05) is 18.2 Å². The van der Waals surface area contributed by atoms with Gasteiger partial charge in [0.05, 0.1) is 13.0 Å². The fourth-order valence-corrected chi connectivity index (χ4v) is 5.90. The molecule has 2 N–H and O–H groups in total. The number of ether oxygens (including phenoxy) is 2. The molecular formula is C31H32FNO5. The first-order valence-electron chi connectivity index (χ1n) is 13.0. The van der Waals surface area contributed by atoms with E-state index in [1.165, 1.54) is 13.0 Å². The Morgan fingerprint density at radius 3 is 2.61 bits per heavy atom. The first-order chi connectivity index (χ1) is 18.2. The highest BCUT2D eigenvalue weighted by atomic mass is 19.1. The van der Waals surface area contributed by atoms with Crippen molar-refractivity contribution in [1.82, 2.24) is 5.32 Å². The number of carboxylic acids is 1. The maximum absolute atomic E-state index is 15.2. The zero-order valence-electron chi connectivity index (χ0n) is 21.9. The molecule has 1 amide bonds. The first kappa shape index (κ1) is 25.8. The normalized spacial score (nSPS) is 17.5. The standard InChI is InChI=1S/C31H32FNO5/c1-17-12-20(10-11-33-19(3)34)13-18(2)30(17)24-6-8-26(32)31-25(24)7-9-27(31)38-22-4-5-23-21(14-29(35)36)16-37-28(23)15-22/h4-6,8,12-13,15,21,27H,7,9-11,14,16H2,1-3H3,(H,33,34)(H,35,36)/t21?,27-/m1/s1. The molecule has 0 aromatic heterocycles. The van der Waals surface area contributed by atoms with E-state index in [0.717, 1.165) is 45.4 Å². The Morgan fingerprint density at radius 1 is 1.13 bits per heavy atom. The van der Waals surface area contributed by atoms with Gasteiger partial charge in [-0.15, -0.1) is 0 Å². The summed E-state index contributed by atoms with van der Waals surface area (Å²) in [5, 5.41) is 12.0. The molecule has 6 nitrogen and oxygen atoms in total. The summed E-state index contributed by atoms with van der Waals surface area (Å²) in [6.45, 7) is 6.59. The van der Waals surface area contributed by atoms with Crippen LogP contribution in [0.1, 0.15) is 65.2 Å². The smallest absolute Gasteiger partial charge is 0.304 e. The zero-order chi connectivity index (χ0) is 27.0. The van der Waals surface area contributed by atoms with Crippen molar-refractivity contribution >= 4 is 11.9 Å². The topological polar surface area (TPSA) is 84.9 Å². The van der Waals surface area contributed by atoms with Gasteiger partial charge in [0.1, 0.15) is 23.4 Å². The molecule has 2 aliphatic rings. The van der Waals surface area contributed by atoms with E-state index in [9.17, 15) is 9.59 Å². The molecule has 38 heavy (non-hydrogen) atoms. The van der Waals surface area contributed by atoms with Crippen molar-refractivity contribution in [2.24, 2.45) is 0 Å². The van der Waals surface area contributed by atoms with Crippen molar-refractivity contribution in [2.45, 2.75) is 58.5 Å². The van der Waals surface area contributed by atoms with Gasteiger partial charge in [0.25, 0.3) is 0 Å². The second-order valence-corrected chi connectivity index (χ2v) is 10.3. The lowest BCUT2D eigenvalue weighted by Crippen LogP contribution is -2.22. The van der Waals surface area contributed by atoms with Crippen molar-refractivity contribution in [3.63, 3.8) is 0 Å². The number of carbonyl (C=O) groups excluding carboxylic acids is 1. The summed E-state index contributed by atoms with van der Waals surface area (Å²) >= 11 is 0. The lowest BCUT2D eigenvalue weighted by Gasteiger charge is -2.19. The number of aliphatic carboxylic acids is 1. The summed E-state index contributed by atoms with van der Waals surface area (Å²) in [4.78, 5) is 22.3. The molecule has 0 saturated carbocycles. The lowest BCUT2D eigenvalue weighted by atomic mass is 9.88. The van der Waals surface area contributed by atoms with E-state index in [4.69, 9.17) is 14.6 Å². The van der Waals surface area contributed by atoms with Crippen molar-refractivity contribution in [1.29, 1.82) is 0 Å². The molecule has 0 radical (unpaired) electrons. The Labute approximate surface area is 221 Å². The Kier molecular flexibility index (Phi) is 7.11. The van der Waals surface area contributed by atoms with Crippen molar-refractivity contribution < 1.29 is 28.6 Å². The van der Waals surface area contributed by atoms with Crippen LogP contribution in [0.3, 0.4) is 0 Å². The van der Waals surface area contributed by atoms with Gasteiger partial charge in [-0.2, -0.15) is 0 Å². The lowest BCUT2D eigenvalue weighted by molar-refractivity contribution is -0.137. The van der Waals surface area contributed by atoms with Gasteiger partial charge in [0, 0.05) is 36.6 Å². The molecule has 0 saturated heterocycles. The van der Waals surface area contributed by atoms with Crippen LogP contribution >= 0.6 is 0 Å². The molecule has 2 atom stereocenters. The first-order valence-corrected chi connectivity index (χ1v) is 13.0. The summed E-state index contributed by atoms with van der Waals surface area (Å²) in [7, 11) is 0. The van der Waals surface area contributed by atoms with E-state index < -0.39 is 12.1 Å². The fourth-order valence-electron chi connectivity index (χ4n) is 5.90. The number of rotatable bonds is 8. The van der Waals surface area contributed by atoms with Crippen LogP contribution in [0.25, 0.3) is 11.1 Å². The Morgan fingerprint density at radius 2 is 1.89 bits per heavy atom. The number of carbonyl (C=O) groups is 2. The van der Waals surface area contributed by atoms with E-state index in [2.05, 4.69) is 31.3 Å². The molecule has 1 aliphatic heterocycles. The SMILES string of the molecule is CC(=O)NCCc1cc(C)c(-c2ccc(F)c3c2CC[C@H]3Oc2ccc3c(c2)OCC3CC(=O)O)c(C)c1. The van der Waals surface area contributed by atoms with Crippen LogP contribution in [0.15, 0.2) is 42.5 Å². The summed E-state index contributed by atoms with van der Waals surface area (Å²) in [5.74, 6) is -0.127. The van der Waals surface area contributed by atoms with E-state index in [1.54, 1.807) is 6.07 Å². The van der Waals surface area contributed by atoms with Gasteiger partial charge >= 0.3 is 5.97 Å². The van der Waals surface area contributed by atoms with Crippen LogP contribution in [-0.4, -0.2) is 30.1 Å². The summed E-state index contributed by atoms with van der Waals surface area (Å²) in [5.41, 5.74) is 7.98. The average Bonchev–Trinajstić information content (AvgIpc) is 3.44. The third-order valence-electron chi connectivity index (χ3n) is 7.50. The van der Waals surface area contributed by atoms with Gasteiger partial charge in [-0.05, 0) is 78.6 Å². The third-order valence-corrected chi connectivity index (χ3v) is 7.50. The quantitative estimate of drug-likeness (QED) is 0.394. The van der Waals surface area contributed by atoms with Crippen molar-refractivity contribution in [2.75, 3.05) is 13.2 Å². The van der Waals surface area contributed by atoms with Crippen LogP contribution in [0.4, 0.5) is 4.39 Å². The van der Waals surface area contributed by atoms with Crippen LogP contribution in [0, 0.1) is 19.7 Å². The van der Waals surface area contributed by atoms with Crippen LogP contribution in [-0.2, 0) is 22.4 Å². The number of hydrogen-bond donors (Lipinski definition) is 2. The average molecular weight is 518 g/mol. The van der Waals surface area contributed by atoms with Gasteiger partial charge in [-0.25, -0.2) is 4.39 Å². The maximum atomic E-state index is 15.2. The highest BCUT2D eigenvalue weighted by Gasteiger charge is 2.32. The molecule has 1 unspecified atom stereocenters. The second-order valence-electron chi connectivity index (χ2n) is 10.3. The van der Waals surface area contributed by atoms with Gasteiger partial charge in [0.2, 0.25) is 5.91 Å². The molecule has 0 fully saturated rings. The molecule has 3 aromatic carbocycles. The maximum Gasteiger partial charge on any atom is 0.304 e. The van der Waals surface area contributed by atoms with Crippen LogP contribution < -0.4 is 14.8 Å². The number of amides is 1. The monoisotopic (exact) mass is 517 g/mol. The molecule has 0 bridgehead atoms. The molecule has 198 valence electrons. The Balaban J connectivity index is 1.40. The number of hydrogen-bond acceptors (Lipinski definition) is 4. The highest BCUT2D eigenvalue weighted by Crippen LogP contribution is 2.45. The minimum absolute atomic E-state index is 0.0201. The second kappa shape index (κ2) is 10.5. The van der Waals surface area contributed by atoms with Crippen LogP contribution in [0.5, 0.6) is 11.5 Å². The van der Waals surface area contributed by atoms with Gasteiger partial charge in [-0.3, -0.25) is 9.59 Å². The van der Waals surface area contributed by atoms with E-state index >= 15 is 4.39 Å². The predicted molar refractivity (Wildman–Crippen MR) is 142 cm³/mol. The molecular weight excluding hydrogens is 485 g/mol.